The van der Waals surface area contributed by atoms with E-state index in [1.165, 1.54) is 6.08 Å². The maximum atomic E-state index is 12.0. The second-order valence-corrected chi connectivity index (χ2v) is 5.07. The highest BCUT2D eigenvalue weighted by atomic mass is 35.5. The Balaban J connectivity index is 2.01. The van der Waals surface area contributed by atoms with Crippen LogP contribution in [0.3, 0.4) is 0 Å². The molecule has 0 amide bonds. The topological polar surface area (TPSA) is 84.1 Å². The smallest absolute Gasteiger partial charge is 0.222 e. The lowest BCUT2D eigenvalue weighted by molar-refractivity contribution is 0.104. The lowest BCUT2D eigenvalue weighted by Gasteiger charge is -2.25. The van der Waals surface area contributed by atoms with E-state index in [4.69, 9.17) is 28.9 Å². The third kappa shape index (κ3) is 3.89. The Kier molecular flexibility index (Phi) is 5.31. The quantitative estimate of drug-likeness (QED) is 0.490. The molecule has 2 heterocycles. The van der Waals surface area contributed by atoms with Gasteiger partial charge in [0, 0.05) is 32.7 Å². The van der Waals surface area contributed by atoms with Crippen LogP contribution in [-0.4, -0.2) is 53.4 Å². The largest absolute Gasteiger partial charge is 0.368 e. The number of hydrogen-bond donors (Lipinski definition) is 2. The van der Waals surface area contributed by atoms with Gasteiger partial charge in [-0.1, -0.05) is 29.3 Å². The molecular weight excluding hydrogens is 301 g/mol. The highest BCUT2D eigenvalue weighted by Gasteiger charge is 2.16. The first-order valence-electron chi connectivity index (χ1n) is 6.20. The zero-order valence-corrected chi connectivity index (χ0v) is 12.3. The molecule has 6 nitrogen and oxygen atoms in total. The first kappa shape index (κ1) is 15.2. The molecule has 8 heteroatoms. The van der Waals surface area contributed by atoms with Crippen molar-refractivity contribution in [2.24, 2.45) is 0 Å². The summed E-state index contributed by atoms with van der Waals surface area (Å²) < 4.78 is 0. The molecule has 1 aliphatic heterocycles. The van der Waals surface area contributed by atoms with Gasteiger partial charge in [-0.25, -0.2) is 9.97 Å². The predicted octanol–water partition coefficient (Wildman–Crippen LogP) is 1.01. The summed E-state index contributed by atoms with van der Waals surface area (Å²) in [5.74, 6) is -0.378. The number of halogens is 2. The SMILES string of the molecule is Nc1nc(Cl)c(C(=O)C=CCN2CCNCC2)c(Cl)n1. The summed E-state index contributed by atoms with van der Waals surface area (Å²) in [4.78, 5) is 21.7. The molecule has 1 aromatic heterocycles. The van der Waals surface area contributed by atoms with Crippen molar-refractivity contribution in [1.29, 1.82) is 0 Å². The molecule has 0 aliphatic carbocycles. The fraction of sp³-hybridized carbons (Fsp3) is 0.417. The van der Waals surface area contributed by atoms with E-state index in [1.54, 1.807) is 6.08 Å². The molecule has 1 fully saturated rings. The summed E-state index contributed by atoms with van der Waals surface area (Å²) in [6.45, 7) is 4.56. The standard InChI is InChI=1S/C12H15Cl2N5O/c13-10-9(11(14)18-12(15)17-10)8(20)2-1-5-19-6-3-16-4-7-19/h1-2,16H,3-7H2,(H2,15,17,18). The van der Waals surface area contributed by atoms with Crippen molar-refractivity contribution in [2.45, 2.75) is 0 Å². The molecular formula is C12H15Cl2N5O. The van der Waals surface area contributed by atoms with Crippen LogP contribution < -0.4 is 11.1 Å². The molecule has 0 bridgehead atoms. The lowest BCUT2D eigenvalue weighted by Crippen LogP contribution is -2.43. The highest BCUT2D eigenvalue weighted by molar-refractivity contribution is 6.39. The minimum atomic E-state index is -0.324. The molecule has 0 radical (unpaired) electrons. The number of nitrogen functional groups attached to an aromatic ring is 1. The van der Waals surface area contributed by atoms with E-state index in [9.17, 15) is 4.79 Å². The van der Waals surface area contributed by atoms with Crippen LogP contribution in [0.2, 0.25) is 10.3 Å². The molecule has 0 unspecified atom stereocenters. The van der Waals surface area contributed by atoms with Gasteiger partial charge in [0.05, 0.1) is 5.56 Å². The molecule has 1 aliphatic rings. The number of nitrogens with two attached hydrogens (primary N) is 1. The van der Waals surface area contributed by atoms with E-state index < -0.39 is 0 Å². The fourth-order valence-electron chi connectivity index (χ4n) is 1.91. The Morgan fingerprint density at radius 1 is 1.30 bits per heavy atom. The number of piperazine rings is 1. The number of aromatic nitrogens is 2. The van der Waals surface area contributed by atoms with Crippen molar-refractivity contribution in [3.05, 3.63) is 28.0 Å². The highest BCUT2D eigenvalue weighted by Crippen LogP contribution is 2.22. The van der Waals surface area contributed by atoms with Crippen molar-refractivity contribution < 1.29 is 4.79 Å². The van der Waals surface area contributed by atoms with Gasteiger partial charge in [0.2, 0.25) is 5.95 Å². The van der Waals surface area contributed by atoms with Crippen molar-refractivity contribution in [2.75, 3.05) is 38.5 Å². The fourth-order valence-corrected chi connectivity index (χ4v) is 2.50. The van der Waals surface area contributed by atoms with Crippen LogP contribution in [0.25, 0.3) is 0 Å². The van der Waals surface area contributed by atoms with E-state index in [2.05, 4.69) is 20.2 Å². The molecule has 20 heavy (non-hydrogen) atoms. The summed E-state index contributed by atoms with van der Waals surface area (Å²) >= 11 is 11.7. The third-order valence-corrected chi connectivity index (χ3v) is 3.47. The van der Waals surface area contributed by atoms with Gasteiger partial charge in [-0.05, 0) is 6.08 Å². The second-order valence-electron chi connectivity index (χ2n) is 4.36. The number of rotatable bonds is 4. The number of nitrogens with one attached hydrogen (secondary N) is 1. The molecule has 0 aromatic carbocycles. The Morgan fingerprint density at radius 2 is 1.90 bits per heavy atom. The minimum Gasteiger partial charge on any atom is -0.368 e. The minimum absolute atomic E-state index is 0.0284. The summed E-state index contributed by atoms with van der Waals surface area (Å²) in [7, 11) is 0. The van der Waals surface area contributed by atoms with E-state index in [0.29, 0.717) is 6.54 Å². The van der Waals surface area contributed by atoms with Crippen LogP contribution in [0.15, 0.2) is 12.2 Å². The van der Waals surface area contributed by atoms with Gasteiger partial charge in [0.25, 0.3) is 0 Å². The number of allylic oxidation sites excluding steroid dienone is 1. The Bertz CT molecular complexity index is 506. The molecule has 108 valence electrons. The zero-order valence-electron chi connectivity index (χ0n) is 10.8. The van der Waals surface area contributed by atoms with Crippen LogP contribution in [-0.2, 0) is 0 Å². The van der Waals surface area contributed by atoms with Gasteiger partial charge in [0.15, 0.2) is 5.78 Å². The van der Waals surface area contributed by atoms with Crippen LogP contribution >= 0.6 is 23.2 Å². The first-order valence-corrected chi connectivity index (χ1v) is 6.96. The van der Waals surface area contributed by atoms with Gasteiger partial charge in [0.1, 0.15) is 10.3 Å². The maximum Gasteiger partial charge on any atom is 0.222 e. The second kappa shape index (κ2) is 6.99. The van der Waals surface area contributed by atoms with Crippen LogP contribution in [0, 0.1) is 0 Å². The molecule has 0 saturated carbocycles. The third-order valence-electron chi connectivity index (χ3n) is 2.93. The normalized spacial score (nSPS) is 16.7. The maximum absolute atomic E-state index is 12.0. The van der Waals surface area contributed by atoms with E-state index in [1.807, 2.05) is 0 Å². The van der Waals surface area contributed by atoms with Crippen molar-refractivity contribution in [3.8, 4) is 0 Å². The molecule has 1 aromatic rings. The van der Waals surface area contributed by atoms with Crippen LogP contribution in [0.5, 0.6) is 0 Å². The number of anilines is 1. The molecule has 0 atom stereocenters. The molecule has 1 saturated heterocycles. The molecule has 2 rings (SSSR count). The van der Waals surface area contributed by atoms with Crippen LogP contribution in [0.4, 0.5) is 5.95 Å². The van der Waals surface area contributed by atoms with Crippen molar-refractivity contribution in [3.63, 3.8) is 0 Å². The van der Waals surface area contributed by atoms with Gasteiger partial charge >= 0.3 is 0 Å². The zero-order chi connectivity index (χ0) is 14.5. The van der Waals surface area contributed by atoms with E-state index >= 15 is 0 Å². The van der Waals surface area contributed by atoms with Gasteiger partial charge in [-0.3, -0.25) is 9.69 Å². The van der Waals surface area contributed by atoms with E-state index in [0.717, 1.165) is 26.2 Å². The van der Waals surface area contributed by atoms with Crippen LogP contribution in [0.1, 0.15) is 10.4 Å². The predicted molar refractivity (Wildman–Crippen MR) is 79.2 cm³/mol. The van der Waals surface area contributed by atoms with Crippen molar-refractivity contribution in [1.82, 2.24) is 20.2 Å². The van der Waals surface area contributed by atoms with Gasteiger partial charge in [-0.15, -0.1) is 0 Å². The number of carbonyl (C=O) groups excluding carboxylic acids is 1. The number of ketones is 1. The number of carbonyl (C=O) groups is 1. The Morgan fingerprint density at radius 3 is 2.50 bits per heavy atom. The van der Waals surface area contributed by atoms with Gasteiger partial charge in [-0.2, -0.15) is 0 Å². The first-order chi connectivity index (χ1) is 9.58. The Labute approximate surface area is 127 Å². The average Bonchev–Trinajstić information content (AvgIpc) is 2.38. The summed E-state index contributed by atoms with van der Waals surface area (Å²) in [6, 6.07) is 0. The lowest BCUT2D eigenvalue weighted by atomic mass is 10.2. The summed E-state index contributed by atoms with van der Waals surface area (Å²) in [5, 5.41) is 3.21. The average molecular weight is 316 g/mol. The van der Waals surface area contributed by atoms with E-state index in [-0.39, 0.29) is 27.6 Å². The number of nitrogens with zero attached hydrogens (tertiary/aromatic N) is 3. The number of hydrogen-bond acceptors (Lipinski definition) is 6. The molecule has 0 spiro atoms. The summed E-state index contributed by atoms with van der Waals surface area (Å²) in [6.07, 6.45) is 3.23. The monoisotopic (exact) mass is 315 g/mol. The molecule has 3 N–H and O–H groups in total. The Hall–Kier alpha value is -1.21. The van der Waals surface area contributed by atoms with Gasteiger partial charge < -0.3 is 11.1 Å². The summed E-state index contributed by atoms with van der Waals surface area (Å²) in [5.41, 5.74) is 5.48. The van der Waals surface area contributed by atoms with Crippen molar-refractivity contribution >= 4 is 34.9 Å².